The smallest absolute Gasteiger partial charge is 0.0819 e. The van der Waals surface area contributed by atoms with Crippen molar-refractivity contribution in [2.45, 2.75) is 18.6 Å². The monoisotopic (exact) mass is 189 g/mol. The van der Waals surface area contributed by atoms with E-state index in [1.165, 1.54) is 5.56 Å². The molecule has 1 aromatic carbocycles. The van der Waals surface area contributed by atoms with Crippen LogP contribution in [-0.4, -0.2) is 28.7 Å². The first-order valence-electron chi connectivity index (χ1n) is 5.25. The maximum absolute atomic E-state index is 9.88. The summed E-state index contributed by atoms with van der Waals surface area (Å²) in [6.07, 6.45) is 1.03. The Hall–Kier alpha value is -0.860. The second kappa shape index (κ2) is 2.81. The Morgan fingerprint density at radius 1 is 1.36 bits per heavy atom. The third kappa shape index (κ3) is 1.35. The highest BCUT2D eigenvalue weighted by Gasteiger charge is 2.58. The molecular weight excluding hydrogens is 174 g/mol. The normalized spacial score (nSPS) is 35.6. The zero-order valence-corrected chi connectivity index (χ0v) is 8.19. The number of likely N-dealkylation sites (tertiary alicyclic amines) is 1. The molecule has 0 amide bonds. The minimum absolute atomic E-state index is 0.311. The Morgan fingerprint density at radius 3 is 2.79 bits per heavy atom. The van der Waals surface area contributed by atoms with Crippen molar-refractivity contribution < 1.29 is 5.11 Å². The summed E-state index contributed by atoms with van der Waals surface area (Å²) in [5.41, 5.74) is 1.03. The molecule has 2 nitrogen and oxygen atoms in total. The molecule has 0 unspecified atom stereocenters. The molecule has 1 saturated carbocycles. The molecule has 1 heterocycles. The summed E-state index contributed by atoms with van der Waals surface area (Å²) in [4.78, 5) is 2.35. The van der Waals surface area contributed by atoms with E-state index in [1.807, 2.05) is 6.07 Å². The van der Waals surface area contributed by atoms with Gasteiger partial charge in [0.05, 0.1) is 5.60 Å². The molecule has 2 aliphatic rings. The van der Waals surface area contributed by atoms with E-state index in [1.54, 1.807) is 0 Å². The van der Waals surface area contributed by atoms with Crippen LogP contribution in [-0.2, 0) is 6.54 Å². The summed E-state index contributed by atoms with van der Waals surface area (Å²) >= 11 is 0. The lowest BCUT2D eigenvalue weighted by Crippen LogP contribution is -2.26. The van der Waals surface area contributed by atoms with Crippen molar-refractivity contribution in [3.05, 3.63) is 35.9 Å². The number of piperidine rings is 1. The average molecular weight is 189 g/mol. The van der Waals surface area contributed by atoms with Crippen LogP contribution >= 0.6 is 0 Å². The van der Waals surface area contributed by atoms with Crippen molar-refractivity contribution in [1.29, 1.82) is 0 Å². The molecular formula is C12H15NO. The van der Waals surface area contributed by atoms with Crippen molar-refractivity contribution in [1.82, 2.24) is 4.90 Å². The summed E-state index contributed by atoms with van der Waals surface area (Å²) in [6.45, 7) is 2.93. The number of aliphatic hydroxyl groups is 1. The van der Waals surface area contributed by atoms with E-state index in [-0.39, 0.29) is 5.60 Å². The third-order valence-electron chi connectivity index (χ3n) is 3.42. The topological polar surface area (TPSA) is 23.5 Å². The summed E-state index contributed by atoms with van der Waals surface area (Å²) < 4.78 is 0. The van der Waals surface area contributed by atoms with Gasteiger partial charge in [0, 0.05) is 25.6 Å². The minimum Gasteiger partial charge on any atom is -0.388 e. The highest BCUT2D eigenvalue weighted by atomic mass is 16.3. The van der Waals surface area contributed by atoms with Crippen LogP contribution in [0.4, 0.5) is 0 Å². The molecule has 0 aromatic heterocycles. The van der Waals surface area contributed by atoms with E-state index in [0.29, 0.717) is 5.92 Å². The van der Waals surface area contributed by atoms with E-state index in [4.69, 9.17) is 0 Å². The number of hydrogen-bond acceptors (Lipinski definition) is 2. The predicted octanol–water partition coefficient (Wildman–Crippen LogP) is 1.25. The van der Waals surface area contributed by atoms with Crippen molar-refractivity contribution in [2.24, 2.45) is 5.92 Å². The SMILES string of the molecule is O[C@@]12C[C@H]1CN(Cc1ccccc1)C2. The Balaban J connectivity index is 1.65. The molecule has 2 atom stereocenters. The third-order valence-corrected chi connectivity index (χ3v) is 3.42. The van der Waals surface area contributed by atoms with Gasteiger partial charge in [-0.3, -0.25) is 4.90 Å². The number of benzene rings is 1. The highest BCUT2D eigenvalue weighted by Crippen LogP contribution is 2.49. The van der Waals surface area contributed by atoms with E-state index in [9.17, 15) is 5.11 Å². The molecule has 1 saturated heterocycles. The second-order valence-corrected chi connectivity index (χ2v) is 4.66. The van der Waals surface area contributed by atoms with E-state index in [2.05, 4.69) is 29.2 Å². The molecule has 0 bridgehead atoms. The predicted molar refractivity (Wildman–Crippen MR) is 54.8 cm³/mol. The van der Waals surface area contributed by atoms with Gasteiger partial charge >= 0.3 is 0 Å². The Morgan fingerprint density at radius 2 is 2.14 bits per heavy atom. The number of β-amino-alcohol motifs (C(OH)–C–C–N with tert-alkyl or cyclic N) is 1. The van der Waals surface area contributed by atoms with E-state index >= 15 is 0 Å². The first-order valence-corrected chi connectivity index (χ1v) is 5.25. The summed E-state index contributed by atoms with van der Waals surface area (Å²) in [5, 5.41) is 9.88. The molecule has 1 aliphatic carbocycles. The van der Waals surface area contributed by atoms with Gasteiger partial charge in [0.15, 0.2) is 0 Å². The quantitative estimate of drug-likeness (QED) is 0.757. The van der Waals surface area contributed by atoms with Crippen molar-refractivity contribution in [2.75, 3.05) is 13.1 Å². The van der Waals surface area contributed by atoms with Gasteiger partial charge in [-0.1, -0.05) is 30.3 Å². The van der Waals surface area contributed by atoms with Gasteiger partial charge in [0.25, 0.3) is 0 Å². The van der Waals surface area contributed by atoms with Gasteiger partial charge < -0.3 is 5.11 Å². The molecule has 74 valence electrons. The molecule has 3 rings (SSSR count). The molecule has 2 fully saturated rings. The number of rotatable bonds is 2. The van der Waals surface area contributed by atoms with Crippen molar-refractivity contribution in [3.8, 4) is 0 Å². The lowest BCUT2D eigenvalue weighted by molar-refractivity contribution is 0.126. The van der Waals surface area contributed by atoms with Crippen LogP contribution in [0.2, 0.25) is 0 Å². The summed E-state index contributed by atoms with van der Waals surface area (Å²) in [5.74, 6) is 0.561. The van der Waals surface area contributed by atoms with Gasteiger partial charge in [-0.2, -0.15) is 0 Å². The molecule has 1 N–H and O–H groups in total. The first-order chi connectivity index (χ1) is 6.76. The minimum atomic E-state index is -0.311. The van der Waals surface area contributed by atoms with Crippen LogP contribution in [0.25, 0.3) is 0 Å². The van der Waals surface area contributed by atoms with Crippen LogP contribution < -0.4 is 0 Å². The number of nitrogens with zero attached hydrogens (tertiary/aromatic N) is 1. The summed E-state index contributed by atoms with van der Waals surface area (Å²) in [6, 6.07) is 10.5. The molecule has 14 heavy (non-hydrogen) atoms. The lowest BCUT2D eigenvalue weighted by Gasteiger charge is -2.18. The van der Waals surface area contributed by atoms with Crippen LogP contribution in [0.5, 0.6) is 0 Å². The van der Waals surface area contributed by atoms with Gasteiger partial charge in [0.2, 0.25) is 0 Å². The van der Waals surface area contributed by atoms with Crippen LogP contribution in [0.1, 0.15) is 12.0 Å². The maximum Gasteiger partial charge on any atom is 0.0819 e. The zero-order chi connectivity index (χ0) is 9.60. The fourth-order valence-electron chi connectivity index (χ4n) is 2.52. The zero-order valence-electron chi connectivity index (χ0n) is 8.19. The van der Waals surface area contributed by atoms with Gasteiger partial charge in [-0.05, 0) is 12.0 Å². The molecule has 0 radical (unpaired) electrons. The number of hydrogen-bond donors (Lipinski definition) is 1. The average Bonchev–Trinajstić information content (AvgIpc) is 2.67. The Labute approximate surface area is 84.2 Å². The van der Waals surface area contributed by atoms with E-state index in [0.717, 1.165) is 26.1 Å². The van der Waals surface area contributed by atoms with Crippen LogP contribution in [0.15, 0.2) is 30.3 Å². The second-order valence-electron chi connectivity index (χ2n) is 4.66. The lowest BCUT2D eigenvalue weighted by atomic mass is 10.2. The Kier molecular flexibility index (Phi) is 1.70. The maximum atomic E-state index is 9.88. The molecule has 2 heteroatoms. The molecule has 0 spiro atoms. The largest absolute Gasteiger partial charge is 0.388 e. The standard InChI is InChI=1S/C12H15NO/c14-12-6-11(12)8-13(9-12)7-10-4-2-1-3-5-10/h1-5,11,14H,6-9H2/t11-,12+/m0/s1. The molecule has 1 aliphatic heterocycles. The van der Waals surface area contributed by atoms with Gasteiger partial charge in [-0.25, -0.2) is 0 Å². The highest BCUT2D eigenvalue weighted by molar-refractivity contribution is 5.17. The molecule has 1 aromatic rings. The fourth-order valence-corrected chi connectivity index (χ4v) is 2.52. The first kappa shape index (κ1) is 8.45. The summed E-state index contributed by atoms with van der Waals surface area (Å²) in [7, 11) is 0. The van der Waals surface area contributed by atoms with Crippen molar-refractivity contribution >= 4 is 0 Å². The fraction of sp³-hybridized carbons (Fsp3) is 0.500. The Bertz CT molecular complexity index is 337. The van der Waals surface area contributed by atoms with Gasteiger partial charge in [-0.15, -0.1) is 0 Å². The van der Waals surface area contributed by atoms with Crippen LogP contribution in [0.3, 0.4) is 0 Å². The van der Waals surface area contributed by atoms with Gasteiger partial charge in [0.1, 0.15) is 0 Å². The number of fused-ring (bicyclic) bond motifs is 1. The van der Waals surface area contributed by atoms with E-state index < -0.39 is 0 Å². The van der Waals surface area contributed by atoms with Crippen molar-refractivity contribution in [3.63, 3.8) is 0 Å². The van der Waals surface area contributed by atoms with Crippen LogP contribution in [0, 0.1) is 5.92 Å².